The third kappa shape index (κ3) is 5.98. The van der Waals surface area contributed by atoms with Crippen molar-refractivity contribution in [2.45, 2.75) is 78.1 Å². The summed E-state index contributed by atoms with van der Waals surface area (Å²) in [4.78, 5) is 12.7. The Labute approximate surface area is 221 Å². The molecule has 5 heteroatoms. The molecule has 4 nitrogen and oxygen atoms in total. The molecule has 3 aromatic carbocycles. The van der Waals surface area contributed by atoms with E-state index in [1.165, 1.54) is 17.2 Å². The van der Waals surface area contributed by atoms with E-state index in [1.54, 1.807) is 6.07 Å². The summed E-state index contributed by atoms with van der Waals surface area (Å²) in [6.45, 7) is 14.7. The van der Waals surface area contributed by atoms with Crippen LogP contribution in [0.25, 0.3) is 10.8 Å². The van der Waals surface area contributed by atoms with E-state index in [9.17, 15) is 9.90 Å². The number of hydrogen-bond donors (Lipinski definition) is 2. The van der Waals surface area contributed by atoms with Crippen molar-refractivity contribution >= 4 is 28.3 Å². The summed E-state index contributed by atoms with van der Waals surface area (Å²) < 4.78 is 6.31. The maximum absolute atomic E-state index is 12.7. The molecule has 3 rings (SSSR count). The first-order valence-corrected chi connectivity index (χ1v) is 13.4. The Bertz CT molecular complexity index is 1220. The summed E-state index contributed by atoms with van der Waals surface area (Å²) in [6.07, 6.45) is 3.65. The fourth-order valence-electron chi connectivity index (χ4n) is 4.48. The second kappa shape index (κ2) is 11.6. The number of nitrogens with one attached hydrogen (secondary N) is 1. The van der Waals surface area contributed by atoms with Gasteiger partial charge in [0.1, 0.15) is 11.5 Å². The molecule has 1 amide bonds. The van der Waals surface area contributed by atoms with Crippen LogP contribution in [0.15, 0.2) is 48.5 Å². The number of phenolic OH excluding ortho intramolecular Hbond substituents is 1. The molecule has 194 valence electrons. The molecule has 0 spiro atoms. The summed E-state index contributed by atoms with van der Waals surface area (Å²) >= 11 is 6.33. The van der Waals surface area contributed by atoms with Crippen LogP contribution in [0.5, 0.6) is 11.5 Å². The second-order valence-corrected chi connectivity index (χ2v) is 11.2. The van der Waals surface area contributed by atoms with E-state index >= 15 is 0 Å². The average Bonchev–Trinajstić information content (AvgIpc) is 2.87. The van der Waals surface area contributed by atoms with Gasteiger partial charge in [-0.1, -0.05) is 89.5 Å². The zero-order valence-corrected chi connectivity index (χ0v) is 23.3. The Morgan fingerprint density at radius 3 is 2.28 bits per heavy atom. The van der Waals surface area contributed by atoms with Gasteiger partial charge in [-0.2, -0.15) is 0 Å². The lowest BCUT2D eigenvalue weighted by Crippen LogP contribution is -2.26. The van der Waals surface area contributed by atoms with Crippen molar-refractivity contribution in [3.05, 3.63) is 70.2 Å². The van der Waals surface area contributed by atoms with Gasteiger partial charge in [0, 0.05) is 27.9 Å². The largest absolute Gasteiger partial charge is 0.506 e. The van der Waals surface area contributed by atoms with Crippen LogP contribution < -0.4 is 10.1 Å². The lowest BCUT2D eigenvalue weighted by atomic mass is 9.71. The van der Waals surface area contributed by atoms with Crippen molar-refractivity contribution in [3.63, 3.8) is 0 Å². The van der Waals surface area contributed by atoms with Crippen LogP contribution in [0.3, 0.4) is 0 Å². The third-order valence-electron chi connectivity index (χ3n) is 7.52. The van der Waals surface area contributed by atoms with E-state index in [2.05, 4.69) is 65.1 Å². The van der Waals surface area contributed by atoms with Gasteiger partial charge in [-0.3, -0.25) is 4.79 Å². The number of carbonyl (C=O) groups excluding carboxylic acids is 1. The molecule has 2 N–H and O–H groups in total. The molecule has 0 aliphatic heterocycles. The average molecular weight is 510 g/mol. The molecule has 0 saturated heterocycles. The van der Waals surface area contributed by atoms with E-state index < -0.39 is 0 Å². The molecule has 0 aliphatic rings. The molecule has 0 fully saturated rings. The highest BCUT2D eigenvalue weighted by molar-refractivity contribution is 6.36. The normalized spacial score (nSPS) is 12.1. The predicted molar refractivity (Wildman–Crippen MR) is 151 cm³/mol. The van der Waals surface area contributed by atoms with Crippen LogP contribution >= 0.6 is 11.6 Å². The minimum atomic E-state index is -0.331. The van der Waals surface area contributed by atoms with Gasteiger partial charge in [0.2, 0.25) is 0 Å². The fourth-order valence-corrected chi connectivity index (χ4v) is 4.75. The number of fused-ring (bicyclic) bond motifs is 1. The molecule has 0 aliphatic carbocycles. The van der Waals surface area contributed by atoms with E-state index in [1.807, 2.05) is 18.2 Å². The Kier molecular flexibility index (Phi) is 8.94. The smallest absolute Gasteiger partial charge is 0.255 e. The quantitative estimate of drug-likeness (QED) is 0.256. The van der Waals surface area contributed by atoms with Crippen LogP contribution in [0.4, 0.5) is 0 Å². The van der Waals surface area contributed by atoms with Crippen LogP contribution in [-0.2, 0) is 10.8 Å². The number of benzene rings is 3. The lowest BCUT2D eigenvalue weighted by Gasteiger charge is -2.35. The summed E-state index contributed by atoms with van der Waals surface area (Å²) in [5, 5.41) is 15.2. The summed E-state index contributed by atoms with van der Waals surface area (Å²) in [5.41, 5.74) is 2.93. The Morgan fingerprint density at radius 2 is 1.61 bits per heavy atom. The van der Waals surface area contributed by atoms with Gasteiger partial charge in [-0.15, -0.1) is 0 Å². The number of ether oxygens (including phenoxy) is 1. The van der Waals surface area contributed by atoms with Gasteiger partial charge in [0.05, 0.1) is 12.2 Å². The molecule has 36 heavy (non-hydrogen) atoms. The standard InChI is InChI=1S/C31H40ClNO3/c1-7-30(3,4)24-16-13-17-26(27(24)31(5,6)8-2)36-19-12-11-18-33-29(35)23-20-25(32)21-14-9-10-15-22(21)28(23)34/h9-10,13-17,20,34H,7-8,11-12,18-19H2,1-6H3,(H,33,35). The third-order valence-corrected chi connectivity index (χ3v) is 7.84. The van der Waals surface area contributed by atoms with Gasteiger partial charge in [0.15, 0.2) is 0 Å². The number of phenols is 1. The highest BCUT2D eigenvalue weighted by Gasteiger charge is 2.31. The van der Waals surface area contributed by atoms with Crippen LogP contribution in [0, 0.1) is 0 Å². The van der Waals surface area contributed by atoms with Crippen molar-refractivity contribution in [3.8, 4) is 11.5 Å². The van der Waals surface area contributed by atoms with Crippen LogP contribution in [0.2, 0.25) is 5.02 Å². The van der Waals surface area contributed by atoms with E-state index in [4.69, 9.17) is 16.3 Å². The van der Waals surface area contributed by atoms with Gasteiger partial charge in [-0.05, 0) is 54.2 Å². The molecule has 0 unspecified atom stereocenters. The number of unbranched alkanes of at least 4 members (excludes halogenated alkanes) is 1. The van der Waals surface area contributed by atoms with Crippen LogP contribution in [0.1, 0.15) is 88.7 Å². The molecule has 0 radical (unpaired) electrons. The topological polar surface area (TPSA) is 58.6 Å². The van der Waals surface area contributed by atoms with Crippen molar-refractivity contribution < 1.29 is 14.6 Å². The first kappa shape index (κ1) is 27.9. The number of aromatic hydroxyl groups is 1. The SMILES string of the molecule is CCC(C)(C)c1cccc(OCCCCNC(=O)c2cc(Cl)c3ccccc3c2O)c1C(C)(C)CC. The molecule has 3 aromatic rings. The van der Waals surface area contributed by atoms with Gasteiger partial charge >= 0.3 is 0 Å². The van der Waals surface area contributed by atoms with E-state index in [0.717, 1.165) is 36.8 Å². The fraction of sp³-hybridized carbons (Fsp3) is 0.452. The van der Waals surface area contributed by atoms with Crippen LogP contribution in [-0.4, -0.2) is 24.2 Å². The Morgan fingerprint density at radius 1 is 0.944 bits per heavy atom. The highest BCUT2D eigenvalue weighted by atomic mass is 35.5. The molecular weight excluding hydrogens is 470 g/mol. The maximum Gasteiger partial charge on any atom is 0.255 e. The molecule has 0 bridgehead atoms. The summed E-state index contributed by atoms with van der Waals surface area (Å²) in [7, 11) is 0. The van der Waals surface area contributed by atoms with Crippen molar-refractivity contribution in [2.75, 3.05) is 13.2 Å². The van der Waals surface area contributed by atoms with Crippen molar-refractivity contribution in [2.24, 2.45) is 0 Å². The Balaban J connectivity index is 1.61. The van der Waals surface area contributed by atoms with Crippen molar-refractivity contribution in [1.82, 2.24) is 5.32 Å². The summed E-state index contributed by atoms with van der Waals surface area (Å²) in [5.74, 6) is 0.583. The minimum Gasteiger partial charge on any atom is -0.506 e. The Hall–Kier alpha value is -2.72. The molecule has 0 heterocycles. The molecule has 0 saturated carbocycles. The zero-order valence-electron chi connectivity index (χ0n) is 22.5. The summed E-state index contributed by atoms with van der Waals surface area (Å²) in [6, 6.07) is 15.2. The number of carbonyl (C=O) groups is 1. The lowest BCUT2D eigenvalue weighted by molar-refractivity contribution is 0.0950. The monoisotopic (exact) mass is 509 g/mol. The van der Waals surface area contributed by atoms with Gasteiger partial charge in [-0.25, -0.2) is 0 Å². The van der Waals surface area contributed by atoms with Gasteiger partial charge in [0.25, 0.3) is 5.91 Å². The molecule has 0 aromatic heterocycles. The number of amides is 1. The number of halogens is 1. The zero-order chi connectivity index (χ0) is 26.5. The first-order valence-electron chi connectivity index (χ1n) is 13.0. The van der Waals surface area contributed by atoms with Crippen molar-refractivity contribution in [1.29, 1.82) is 0 Å². The van der Waals surface area contributed by atoms with E-state index in [0.29, 0.717) is 23.6 Å². The predicted octanol–water partition coefficient (Wildman–Crippen LogP) is 8.16. The van der Waals surface area contributed by atoms with E-state index in [-0.39, 0.29) is 28.1 Å². The van der Waals surface area contributed by atoms with Gasteiger partial charge < -0.3 is 15.2 Å². The minimum absolute atomic E-state index is 0.00940. The molecule has 0 atom stereocenters. The molecular formula is C31H40ClNO3. The number of hydrogen-bond acceptors (Lipinski definition) is 3. The highest BCUT2D eigenvalue weighted by Crippen LogP contribution is 2.42. The second-order valence-electron chi connectivity index (χ2n) is 10.8. The maximum atomic E-state index is 12.7. The number of rotatable bonds is 11. The first-order chi connectivity index (χ1) is 17.0.